The highest BCUT2D eigenvalue weighted by Crippen LogP contribution is 2.21. The number of carboxylic acids is 1. The fourth-order valence-electron chi connectivity index (χ4n) is 2.20. The van der Waals surface area contributed by atoms with E-state index in [1.54, 1.807) is 0 Å². The lowest BCUT2D eigenvalue weighted by atomic mass is 9.92. The summed E-state index contributed by atoms with van der Waals surface area (Å²) in [5.74, 6) is -0.113. The van der Waals surface area contributed by atoms with Crippen molar-refractivity contribution >= 4 is 11.9 Å². The number of piperidine rings is 1. The number of carboxylic acid groups (broad SMARTS) is 1. The predicted molar refractivity (Wildman–Crippen MR) is 69.3 cm³/mol. The molecule has 2 N–H and O–H groups in total. The summed E-state index contributed by atoms with van der Waals surface area (Å²) >= 11 is 0. The first kappa shape index (κ1) is 15.0. The molecule has 0 aliphatic carbocycles. The summed E-state index contributed by atoms with van der Waals surface area (Å²) in [5.41, 5.74) is 0. The van der Waals surface area contributed by atoms with Crippen LogP contribution >= 0.6 is 0 Å². The Hall–Kier alpha value is -1.10. The van der Waals surface area contributed by atoms with Crippen LogP contribution in [0.25, 0.3) is 0 Å². The van der Waals surface area contributed by atoms with Crippen molar-refractivity contribution in [3.63, 3.8) is 0 Å². The van der Waals surface area contributed by atoms with Gasteiger partial charge in [-0.25, -0.2) is 0 Å². The highest BCUT2D eigenvalue weighted by Gasteiger charge is 2.22. The van der Waals surface area contributed by atoms with Crippen LogP contribution in [0.15, 0.2) is 0 Å². The number of likely N-dealkylation sites (tertiary alicyclic amines) is 1. The molecule has 0 aromatic carbocycles. The monoisotopic (exact) mass is 256 g/mol. The summed E-state index contributed by atoms with van der Waals surface area (Å²) in [4.78, 5) is 24.2. The van der Waals surface area contributed by atoms with Gasteiger partial charge in [0.2, 0.25) is 5.91 Å². The third-order valence-corrected chi connectivity index (χ3v) is 3.40. The van der Waals surface area contributed by atoms with Crippen molar-refractivity contribution in [2.75, 3.05) is 19.6 Å². The number of hydrogen-bond donors (Lipinski definition) is 2. The first-order chi connectivity index (χ1) is 8.49. The van der Waals surface area contributed by atoms with Crippen molar-refractivity contribution in [2.24, 2.45) is 5.92 Å². The quantitative estimate of drug-likeness (QED) is 0.746. The van der Waals surface area contributed by atoms with Gasteiger partial charge in [0.1, 0.15) is 0 Å². The molecule has 1 aliphatic rings. The van der Waals surface area contributed by atoms with Crippen molar-refractivity contribution in [1.82, 2.24) is 10.2 Å². The van der Waals surface area contributed by atoms with Gasteiger partial charge in [0.15, 0.2) is 0 Å². The molecule has 0 bridgehead atoms. The summed E-state index contributed by atoms with van der Waals surface area (Å²) in [6.07, 6.45) is 2.84. The van der Waals surface area contributed by atoms with Crippen molar-refractivity contribution in [3.8, 4) is 0 Å². The Morgan fingerprint density at radius 2 is 1.94 bits per heavy atom. The van der Waals surface area contributed by atoms with Gasteiger partial charge in [-0.15, -0.1) is 0 Å². The van der Waals surface area contributed by atoms with Crippen LogP contribution in [0.2, 0.25) is 0 Å². The molecule has 1 saturated heterocycles. The van der Waals surface area contributed by atoms with Crippen molar-refractivity contribution in [1.29, 1.82) is 0 Å². The number of nitrogens with one attached hydrogen (secondary N) is 1. The van der Waals surface area contributed by atoms with Crippen molar-refractivity contribution < 1.29 is 14.7 Å². The second kappa shape index (κ2) is 7.36. The van der Waals surface area contributed by atoms with E-state index in [9.17, 15) is 9.59 Å². The van der Waals surface area contributed by atoms with E-state index in [2.05, 4.69) is 5.32 Å². The van der Waals surface area contributed by atoms with Crippen LogP contribution in [-0.2, 0) is 9.59 Å². The van der Waals surface area contributed by atoms with Gasteiger partial charge < -0.3 is 15.3 Å². The van der Waals surface area contributed by atoms with Gasteiger partial charge in [0.25, 0.3) is 0 Å². The van der Waals surface area contributed by atoms with Crippen LogP contribution < -0.4 is 5.32 Å². The number of hydrogen-bond acceptors (Lipinski definition) is 3. The molecule has 18 heavy (non-hydrogen) atoms. The molecule has 5 nitrogen and oxygen atoms in total. The topological polar surface area (TPSA) is 69.6 Å². The zero-order valence-electron chi connectivity index (χ0n) is 11.3. The number of carbonyl (C=O) groups is 2. The fourth-order valence-corrected chi connectivity index (χ4v) is 2.20. The molecule has 104 valence electrons. The maximum Gasteiger partial charge on any atom is 0.303 e. The second-order valence-electron chi connectivity index (χ2n) is 5.29. The average molecular weight is 256 g/mol. The van der Waals surface area contributed by atoms with Gasteiger partial charge >= 0.3 is 5.97 Å². The van der Waals surface area contributed by atoms with E-state index in [1.165, 1.54) is 0 Å². The van der Waals surface area contributed by atoms with Gasteiger partial charge in [0, 0.05) is 25.6 Å². The number of amides is 1. The molecule has 0 atom stereocenters. The second-order valence-corrected chi connectivity index (χ2v) is 5.29. The molecule has 1 amide bonds. The summed E-state index contributed by atoms with van der Waals surface area (Å²) in [7, 11) is 0. The molecule has 0 radical (unpaired) electrons. The Balaban J connectivity index is 2.22. The Kier molecular flexibility index (Phi) is 6.12. The molecule has 0 unspecified atom stereocenters. The average Bonchev–Trinajstić information content (AvgIpc) is 2.34. The Bertz CT molecular complexity index is 284. The highest BCUT2D eigenvalue weighted by atomic mass is 16.4. The summed E-state index contributed by atoms with van der Waals surface area (Å²) in [6.45, 7) is 5.97. The largest absolute Gasteiger partial charge is 0.481 e. The summed E-state index contributed by atoms with van der Waals surface area (Å²) < 4.78 is 0. The standard InChI is InChI=1S/C13H24N2O3/c1-10(2)14-9-12(16)15-7-5-11(6-8-15)3-4-13(17)18/h10-11,14H,3-9H2,1-2H3,(H,17,18). The molecule has 0 saturated carbocycles. The van der Waals surface area contributed by atoms with Gasteiger partial charge in [-0.05, 0) is 25.2 Å². The van der Waals surface area contributed by atoms with Gasteiger partial charge in [-0.2, -0.15) is 0 Å². The highest BCUT2D eigenvalue weighted by molar-refractivity contribution is 5.78. The minimum atomic E-state index is -0.727. The van der Waals surface area contributed by atoms with E-state index < -0.39 is 5.97 Å². The Morgan fingerprint density at radius 1 is 1.33 bits per heavy atom. The Morgan fingerprint density at radius 3 is 2.44 bits per heavy atom. The zero-order valence-corrected chi connectivity index (χ0v) is 11.3. The maximum atomic E-state index is 11.8. The molecule has 1 rings (SSSR count). The van der Waals surface area contributed by atoms with Crippen LogP contribution in [0.4, 0.5) is 0 Å². The number of rotatable bonds is 6. The molecule has 5 heteroatoms. The number of nitrogens with zero attached hydrogens (tertiary/aromatic N) is 1. The molecule has 0 spiro atoms. The summed E-state index contributed by atoms with van der Waals surface area (Å²) in [6, 6.07) is 0.321. The molecular formula is C13H24N2O3. The van der Waals surface area contributed by atoms with E-state index in [-0.39, 0.29) is 12.3 Å². The van der Waals surface area contributed by atoms with E-state index >= 15 is 0 Å². The molecule has 1 aliphatic heterocycles. The number of carbonyl (C=O) groups excluding carboxylic acids is 1. The minimum Gasteiger partial charge on any atom is -0.481 e. The van der Waals surface area contributed by atoms with Crippen LogP contribution in [0.3, 0.4) is 0 Å². The maximum absolute atomic E-state index is 11.8. The Labute approximate surface area is 109 Å². The van der Waals surface area contributed by atoms with Crippen LogP contribution in [0.5, 0.6) is 0 Å². The molecule has 1 fully saturated rings. The van der Waals surface area contributed by atoms with Crippen LogP contribution in [0.1, 0.15) is 39.5 Å². The smallest absolute Gasteiger partial charge is 0.303 e. The van der Waals surface area contributed by atoms with E-state index in [0.29, 0.717) is 18.5 Å². The molecule has 0 aromatic heterocycles. The molecule has 0 aromatic rings. The lowest BCUT2D eigenvalue weighted by Gasteiger charge is -2.32. The van der Waals surface area contributed by atoms with E-state index in [0.717, 1.165) is 32.4 Å². The van der Waals surface area contributed by atoms with Crippen molar-refractivity contribution in [2.45, 2.75) is 45.6 Å². The van der Waals surface area contributed by atoms with Crippen molar-refractivity contribution in [3.05, 3.63) is 0 Å². The lowest BCUT2D eigenvalue weighted by molar-refractivity contribution is -0.138. The third kappa shape index (κ3) is 5.49. The van der Waals surface area contributed by atoms with Gasteiger partial charge in [-0.3, -0.25) is 9.59 Å². The predicted octanol–water partition coefficient (Wildman–Crippen LogP) is 1.09. The normalized spacial score (nSPS) is 17.2. The van der Waals surface area contributed by atoms with Gasteiger partial charge in [0.05, 0.1) is 6.54 Å². The third-order valence-electron chi connectivity index (χ3n) is 3.40. The summed E-state index contributed by atoms with van der Waals surface area (Å²) in [5, 5.41) is 11.8. The SMILES string of the molecule is CC(C)NCC(=O)N1CCC(CCC(=O)O)CC1. The van der Waals surface area contributed by atoms with E-state index in [1.807, 2.05) is 18.7 Å². The van der Waals surface area contributed by atoms with E-state index in [4.69, 9.17) is 5.11 Å². The molecule has 1 heterocycles. The lowest BCUT2D eigenvalue weighted by Crippen LogP contribution is -2.44. The zero-order chi connectivity index (χ0) is 13.5. The first-order valence-corrected chi connectivity index (χ1v) is 6.72. The first-order valence-electron chi connectivity index (χ1n) is 6.72. The fraction of sp³-hybridized carbons (Fsp3) is 0.846. The minimum absolute atomic E-state index is 0.153. The number of aliphatic carboxylic acids is 1. The van der Waals surface area contributed by atoms with Crippen LogP contribution in [0, 0.1) is 5.92 Å². The molecular weight excluding hydrogens is 232 g/mol. The van der Waals surface area contributed by atoms with Gasteiger partial charge in [-0.1, -0.05) is 13.8 Å². The van der Waals surface area contributed by atoms with Crippen LogP contribution in [-0.4, -0.2) is 47.6 Å².